The monoisotopic (exact) mass is 288 g/mol. The molecule has 5 heteroatoms. The average Bonchev–Trinajstić information content (AvgIpc) is 2.47. The first-order valence-electron chi connectivity index (χ1n) is 7.01. The van der Waals surface area contributed by atoms with Crippen LogP contribution in [0.3, 0.4) is 0 Å². The van der Waals surface area contributed by atoms with Gasteiger partial charge in [-0.15, -0.1) is 0 Å². The maximum absolute atomic E-state index is 13.6. The van der Waals surface area contributed by atoms with Gasteiger partial charge in [0, 0.05) is 30.2 Å². The van der Waals surface area contributed by atoms with E-state index in [0.29, 0.717) is 5.69 Å². The summed E-state index contributed by atoms with van der Waals surface area (Å²) >= 11 is 0. The van der Waals surface area contributed by atoms with Crippen LogP contribution in [0.4, 0.5) is 32.8 Å². The molecule has 0 saturated carbocycles. The largest absolute Gasteiger partial charge is 0.397 e. The Kier molecular flexibility index (Phi) is 4.52. The van der Waals surface area contributed by atoms with Crippen molar-refractivity contribution in [2.45, 2.75) is 13.8 Å². The number of anilines is 5. The van der Waals surface area contributed by atoms with E-state index in [1.807, 2.05) is 24.3 Å². The summed E-state index contributed by atoms with van der Waals surface area (Å²) in [6, 6.07) is 10.9. The number of nitrogen functional groups attached to an aromatic ring is 2. The Hall–Kier alpha value is -2.43. The third kappa shape index (κ3) is 3.37. The summed E-state index contributed by atoms with van der Waals surface area (Å²) < 4.78 is 13.6. The number of nitrogens with one attached hydrogen (secondary N) is 1. The van der Waals surface area contributed by atoms with Crippen molar-refractivity contribution in [2.75, 3.05) is 34.8 Å². The van der Waals surface area contributed by atoms with Gasteiger partial charge in [0.15, 0.2) is 0 Å². The Labute approximate surface area is 124 Å². The van der Waals surface area contributed by atoms with E-state index in [1.54, 1.807) is 6.07 Å². The van der Waals surface area contributed by atoms with Gasteiger partial charge in [-0.2, -0.15) is 0 Å². The average molecular weight is 288 g/mol. The standard InChI is InChI=1S/C16H21FN4/c1-3-21(4-2)13-7-5-11(6-8-13)20-12-9-14(17)16(19)15(18)10-12/h5-10,20H,3-4,18-19H2,1-2H3. The Morgan fingerprint density at radius 2 is 1.62 bits per heavy atom. The van der Waals surface area contributed by atoms with Crippen molar-refractivity contribution in [1.29, 1.82) is 0 Å². The van der Waals surface area contributed by atoms with Gasteiger partial charge < -0.3 is 21.7 Å². The number of halogens is 1. The lowest BCUT2D eigenvalue weighted by atomic mass is 10.2. The van der Waals surface area contributed by atoms with E-state index in [1.165, 1.54) is 6.07 Å². The van der Waals surface area contributed by atoms with Gasteiger partial charge in [-0.1, -0.05) is 0 Å². The summed E-state index contributed by atoms with van der Waals surface area (Å²) in [5, 5.41) is 3.12. The molecule has 0 radical (unpaired) electrons. The molecule has 2 rings (SSSR count). The minimum Gasteiger partial charge on any atom is -0.397 e. The Bertz CT molecular complexity index is 583. The second-order valence-electron chi connectivity index (χ2n) is 4.81. The summed E-state index contributed by atoms with van der Waals surface area (Å²) in [6.45, 7) is 6.16. The van der Waals surface area contributed by atoms with Crippen molar-refractivity contribution in [3.8, 4) is 0 Å². The molecule has 4 nitrogen and oxygen atoms in total. The molecule has 0 aliphatic rings. The second kappa shape index (κ2) is 6.35. The third-order valence-electron chi connectivity index (χ3n) is 3.45. The van der Waals surface area contributed by atoms with E-state index in [9.17, 15) is 4.39 Å². The van der Waals surface area contributed by atoms with E-state index in [0.717, 1.165) is 24.5 Å². The fourth-order valence-electron chi connectivity index (χ4n) is 2.22. The quantitative estimate of drug-likeness (QED) is 0.736. The van der Waals surface area contributed by atoms with Gasteiger partial charge in [-0.05, 0) is 50.2 Å². The molecule has 0 atom stereocenters. The summed E-state index contributed by atoms with van der Waals surface area (Å²) in [7, 11) is 0. The van der Waals surface area contributed by atoms with Crippen LogP contribution >= 0.6 is 0 Å². The highest BCUT2D eigenvalue weighted by molar-refractivity contribution is 5.73. The highest BCUT2D eigenvalue weighted by Gasteiger charge is 2.06. The summed E-state index contributed by atoms with van der Waals surface area (Å²) in [5.41, 5.74) is 14.0. The molecular weight excluding hydrogens is 267 g/mol. The smallest absolute Gasteiger partial charge is 0.150 e. The molecule has 0 aliphatic carbocycles. The minimum absolute atomic E-state index is 0.0163. The van der Waals surface area contributed by atoms with Gasteiger partial charge in [0.25, 0.3) is 0 Å². The van der Waals surface area contributed by atoms with E-state index >= 15 is 0 Å². The maximum atomic E-state index is 13.6. The molecule has 0 heterocycles. The van der Waals surface area contributed by atoms with Crippen molar-refractivity contribution in [3.05, 3.63) is 42.2 Å². The van der Waals surface area contributed by atoms with Gasteiger partial charge in [0.1, 0.15) is 5.82 Å². The van der Waals surface area contributed by atoms with Crippen molar-refractivity contribution in [2.24, 2.45) is 0 Å². The molecule has 0 bridgehead atoms. The van der Waals surface area contributed by atoms with Crippen LogP contribution in [0.25, 0.3) is 0 Å². The Morgan fingerprint density at radius 3 is 2.14 bits per heavy atom. The van der Waals surface area contributed by atoms with Crippen LogP contribution in [-0.4, -0.2) is 13.1 Å². The first-order valence-corrected chi connectivity index (χ1v) is 7.01. The molecule has 2 aromatic rings. The molecular formula is C16H21FN4. The Balaban J connectivity index is 2.17. The van der Waals surface area contributed by atoms with Crippen LogP contribution in [-0.2, 0) is 0 Å². The van der Waals surface area contributed by atoms with E-state index in [4.69, 9.17) is 11.5 Å². The van der Waals surface area contributed by atoms with Crippen LogP contribution in [0.15, 0.2) is 36.4 Å². The first kappa shape index (κ1) is 15.0. The molecule has 5 N–H and O–H groups in total. The van der Waals surface area contributed by atoms with Crippen molar-refractivity contribution in [3.63, 3.8) is 0 Å². The van der Waals surface area contributed by atoms with Gasteiger partial charge in [-0.3, -0.25) is 0 Å². The van der Waals surface area contributed by atoms with Crippen molar-refractivity contribution in [1.82, 2.24) is 0 Å². The van der Waals surface area contributed by atoms with Crippen molar-refractivity contribution < 1.29 is 4.39 Å². The minimum atomic E-state index is -0.516. The predicted molar refractivity (Wildman–Crippen MR) is 88.5 cm³/mol. The summed E-state index contributed by atoms with van der Waals surface area (Å²) in [5.74, 6) is -0.516. The number of hydrogen-bond acceptors (Lipinski definition) is 4. The number of nitrogens with zero attached hydrogens (tertiary/aromatic N) is 1. The first-order chi connectivity index (χ1) is 10.0. The van der Waals surface area contributed by atoms with Crippen LogP contribution in [0.5, 0.6) is 0 Å². The molecule has 0 spiro atoms. The number of nitrogens with two attached hydrogens (primary N) is 2. The molecule has 0 aliphatic heterocycles. The molecule has 112 valence electrons. The van der Waals surface area contributed by atoms with Crippen LogP contribution < -0.4 is 21.7 Å². The van der Waals surface area contributed by atoms with Crippen LogP contribution in [0.2, 0.25) is 0 Å². The van der Waals surface area contributed by atoms with Crippen LogP contribution in [0.1, 0.15) is 13.8 Å². The van der Waals surface area contributed by atoms with Gasteiger partial charge in [-0.25, -0.2) is 4.39 Å². The maximum Gasteiger partial charge on any atom is 0.150 e. The van der Waals surface area contributed by atoms with Crippen molar-refractivity contribution >= 4 is 28.4 Å². The zero-order valence-corrected chi connectivity index (χ0v) is 12.4. The summed E-state index contributed by atoms with van der Waals surface area (Å²) in [4.78, 5) is 2.25. The zero-order valence-electron chi connectivity index (χ0n) is 12.4. The van der Waals surface area contributed by atoms with E-state index < -0.39 is 5.82 Å². The normalized spacial score (nSPS) is 10.4. The molecule has 0 unspecified atom stereocenters. The molecule has 0 aromatic heterocycles. The third-order valence-corrected chi connectivity index (χ3v) is 3.45. The molecule has 2 aromatic carbocycles. The highest BCUT2D eigenvalue weighted by atomic mass is 19.1. The molecule has 0 fully saturated rings. The second-order valence-corrected chi connectivity index (χ2v) is 4.81. The molecule has 0 amide bonds. The number of benzene rings is 2. The van der Waals surface area contributed by atoms with Crippen LogP contribution in [0, 0.1) is 5.82 Å². The highest BCUT2D eigenvalue weighted by Crippen LogP contribution is 2.27. The molecule has 0 saturated heterocycles. The molecule has 21 heavy (non-hydrogen) atoms. The summed E-state index contributed by atoms with van der Waals surface area (Å²) in [6.07, 6.45) is 0. The lowest BCUT2D eigenvalue weighted by Crippen LogP contribution is -2.21. The van der Waals surface area contributed by atoms with E-state index in [-0.39, 0.29) is 11.4 Å². The Morgan fingerprint density at radius 1 is 1.00 bits per heavy atom. The van der Waals surface area contributed by atoms with Gasteiger partial charge in [0.2, 0.25) is 0 Å². The van der Waals surface area contributed by atoms with Gasteiger partial charge >= 0.3 is 0 Å². The SMILES string of the molecule is CCN(CC)c1ccc(Nc2cc(N)c(N)c(F)c2)cc1. The fourth-order valence-corrected chi connectivity index (χ4v) is 2.22. The topological polar surface area (TPSA) is 67.3 Å². The predicted octanol–water partition coefficient (Wildman–Crippen LogP) is 3.58. The zero-order chi connectivity index (χ0) is 15.4. The van der Waals surface area contributed by atoms with E-state index in [2.05, 4.69) is 24.1 Å². The fraction of sp³-hybridized carbons (Fsp3) is 0.250. The lowest BCUT2D eigenvalue weighted by molar-refractivity contribution is 0.633. The number of hydrogen-bond donors (Lipinski definition) is 3. The lowest BCUT2D eigenvalue weighted by Gasteiger charge is -2.21. The number of rotatable bonds is 5. The van der Waals surface area contributed by atoms with Gasteiger partial charge in [0.05, 0.1) is 11.4 Å².